The highest BCUT2D eigenvalue weighted by molar-refractivity contribution is 7.10. The van der Waals surface area contributed by atoms with Crippen LogP contribution in [0.1, 0.15) is 40.9 Å². The Hall–Kier alpha value is -0.830. The molecule has 2 aliphatic rings. The van der Waals surface area contributed by atoms with Crippen LogP contribution >= 0.6 is 22.9 Å². The molecule has 1 fully saturated rings. The third-order valence-corrected chi connectivity index (χ3v) is 6.18. The molecule has 0 N–H and O–H groups in total. The van der Waals surface area contributed by atoms with E-state index in [0.29, 0.717) is 12.1 Å². The summed E-state index contributed by atoms with van der Waals surface area (Å²) in [6.07, 6.45) is 3.82. The van der Waals surface area contributed by atoms with E-state index in [9.17, 15) is 0 Å². The van der Waals surface area contributed by atoms with Crippen molar-refractivity contribution in [1.82, 2.24) is 4.90 Å². The maximum absolute atomic E-state index is 6.22. The van der Waals surface area contributed by atoms with Gasteiger partial charge >= 0.3 is 0 Å². The van der Waals surface area contributed by atoms with Gasteiger partial charge in [-0.25, -0.2) is 0 Å². The van der Waals surface area contributed by atoms with Gasteiger partial charge in [-0.3, -0.25) is 4.90 Å². The zero-order valence-electron chi connectivity index (χ0n) is 11.6. The summed E-state index contributed by atoms with van der Waals surface area (Å²) in [6, 6.07) is 12.0. The molecule has 0 spiro atoms. The minimum absolute atomic E-state index is 0.546. The van der Waals surface area contributed by atoms with Gasteiger partial charge in [0, 0.05) is 22.0 Å². The fraction of sp³-hybridized carbons (Fsp3) is 0.412. The highest BCUT2D eigenvalue weighted by Gasteiger charge is 2.41. The van der Waals surface area contributed by atoms with Gasteiger partial charge < -0.3 is 0 Å². The number of thiophene rings is 1. The number of likely N-dealkylation sites (tertiary alicyclic amines) is 1. The lowest BCUT2D eigenvalue weighted by atomic mass is 9.86. The van der Waals surface area contributed by atoms with Gasteiger partial charge in [-0.2, -0.15) is 0 Å². The van der Waals surface area contributed by atoms with Crippen LogP contribution < -0.4 is 0 Å². The number of nitrogens with zero attached hydrogens (tertiary/aromatic N) is 1. The Morgan fingerprint density at radius 2 is 2.15 bits per heavy atom. The first kappa shape index (κ1) is 12.9. The van der Waals surface area contributed by atoms with Crippen molar-refractivity contribution in [2.45, 2.75) is 31.3 Å². The molecule has 3 atom stereocenters. The summed E-state index contributed by atoms with van der Waals surface area (Å²) < 4.78 is 0. The van der Waals surface area contributed by atoms with Crippen molar-refractivity contribution in [3.05, 3.63) is 56.7 Å². The smallest absolute Gasteiger partial charge is 0.0444 e. The van der Waals surface area contributed by atoms with Crippen LogP contribution in [0.4, 0.5) is 0 Å². The van der Waals surface area contributed by atoms with Crippen LogP contribution in [0, 0.1) is 5.92 Å². The van der Waals surface area contributed by atoms with Crippen molar-refractivity contribution in [3.63, 3.8) is 0 Å². The molecule has 20 heavy (non-hydrogen) atoms. The molecule has 2 heterocycles. The topological polar surface area (TPSA) is 3.24 Å². The molecule has 1 saturated heterocycles. The van der Waals surface area contributed by atoms with Crippen LogP contribution in [0.15, 0.2) is 35.7 Å². The van der Waals surface area contributed by atoms with Gasteiger partial charge in [0.15, 0.2) is 0 Å². The van der Waals surface area contributed by atoms with Crippen LogP contribution in [0.5, 0.6) is 0 Å². The fourth-order valence-electron chi connectivity index (χ4n) is 4.08. The van der Waals surface area contributed by atoms with E-state index in [-0.39, 0.29) is 0 Å². The first-order valence-electron chi connectivity index (χ1n) is 7.27. The lowest BCUT2D eigenvalue weighted by Crippen LogP contribution is -2.36. The van der Waals surface area contributed by atoms with E-state index in [1.807, 2.05) is 17.4 Å². The van der Waals surface area contributed by atoms with Crippen molar-refractivity contribution in [2.24, 2.45) is 5.92 Å². The number of piperidine rings is 1. The third-order valence-electron chi connectivity index (χ3n) is 4.97. The first-order chi connectivity index (χ1) is 9.74. The molecule has 1 aromatic carbocycles. The Kier molecular flexibility index (Phi) is 3.13. The number of hydrogen-bond acceptors (Lipinski definition) is 2. The quantitative estimate of drug-likeness (QED) is 0.710. The largest absolute Gasteiger partial charge is 0.291 e. The molecule has 3 heteroatoms. The number of halogens is 1. The van der Waals surface area contributed by atoms with Crippen molar-refractivity contribution in [2.75, 3.05) is 7.05 Å². The summed E-state index contributed by atoms with van der Waals surface area (Å²) in [6.45, 7) is 0. The molecule has 1 aromatic heterocycles. The summed E-state index contributed by atoms with van der Waals surface area (Å²) >= 11 is 8.11. The molecule has 1 aliphatic carbocycles. The van der Waals surface area contributed by atoms with E-state index < -0.39 is 0 Å². The Morgan fingerprint density at radius 3 is 2.95 bits per heavy atom. The summed E-state index contributed by atoms with van der Waals surface area (Å²) in [5.41, 5.74) is 2.97. The van der Waals surface area contributed by atoms with Gasteiger partial charge in [-0.15, -0.1) is 11.3 Å². The lowest BCUT2D eigenvalue weighted by molar-refractivity contribution is 0.0759. The van der Waals surface area contributed by atoms with Crippen LogP contribution in [-0.4, -0.2) is 11.9 Å². The Labute approximate surface area is 129 Å². The average molecular weight is 304 g/mol. The van der Waals surface area contributed by atoms with E-state index in [1.165, 1.54) is 35.3 Å². The number of rotatable bonds is 1. The Morgan fingerprint density at radius 1 is 1.25 bits per heavy atom. The second-order valence-electron chi connectivity index (χ2n) is 6.03. The Bertz CT molecular complexity index is 622. The van der Waals surface area contributed by atoms with Gasteiger partial charge in [0.2, 0.25) is 0 Å². The minimum Gasteiger partial charge on any atom is -0.291 e. The highest BCUT2D eigenvalue weighted by atomic mass is 35.5. The van der Waals surface area contributed by atoms with Crippen LogP contribution in [0.2, 0.25) is 5.02 Å². The van der Waals surface area contributed by atoms with Gasteiger partial charge in [0.25, 0.3) is 0 Å². The highest BCUT2D eigenvalue weighted by Crippen LogP contribution is 2.50. The average Bonchev–Trinajstić information content (AvgIpc) is 3.06. The molecule has 1 nitrogen and oxygen atoms in total. The van der Waals surface area contributed by atoms with E-state index in [4.69, 9.17) is 11.6 Å². The standard InChI is InChI=1S/C17H18ClNS/c1-19-15(16-3-2-8-20-16)7-5-12-9-11-4-6-13(18)10-14(11)17(12)19/h2-4,6,8,10,12,15,17H,5,7,9H2,1H3. The molecule has 1 aliphatic heterocycles. The minimum atomic E-state index is 0.546. The SMILES string of the molecule is CN1C(c2cccs2)CCC2Cc3ccc(Cl)cc3C21. The molecule has 4 rings (SSSR count). The normalized spacial score (nSPS) is 29.2. The van der Waals surface area contributed by atoms with E-state index in [0.717, 1.165) is 10.9 Å². The number of hydrogen-bond donors (Lipinski definition) is 0. The predicted octanol–water partition coefficient (Wildman–Crippen LogP) is 5.08. The molecular formula is C17H18ClNS. The monoisotopic (exact) mass is 303 g/mol. The van der Waals surface area contributed by atoms with E-state index >= 15 is 0 Å². The zero-order valence-corrected chi connectivity index (χ0v) is 13.1. The molecule has 0 amide bonds. The second-order valence-corrected chi connectivity index (χ2v) is 7.44. The summed E-state index contributed by atoms with van der Waals surface area (Å²) in [7, 11) is 2.29. The molecule has 0 radical (unpaired) electrons. The van der Waals surface area contributed by atoms with Gasteiger partial charge in [-0.1, -0.05) is 23.7 Å². The molecule has 0 bridgehead atoms. The number of benzene rings is 1. The summed E-state index contributed by atoms with van der Waals surface area (Å²) in [5, 5.41) is 3.06. The molecule has 0 saturated carbocycles. The van der Waals surface area contributed by atoms with Crippen LogP contribution in [-0.2, 0) is 6.42 Å². The maximum Gasteiger partial charge on any atom is 0.0444 e. The van der Waals surface area contributed by atoms with Gasteiger partial charge in [0.05, 0.1) is 0 Å². The van der Waals surface area contributed by atoms with Crippen LogP contribution in [0.25, 0.3) is 0 Å². The summed E-state index contributed by atoms with van der Waals surface area (Å²) in [4.78, 5) is 4.09. The van der Waals surface area contributed by atoms with Crippen LogP contribution in [0.3, 0.4) is 0 Å². The van der Waals surface area contributed by atoms with Crippen molar-refractivity contribution < 1.29 is 0 Å². The van der Waals surface area contributed by atoms with Gasteiger partial charge in [-0.05, 0) is 66.9 Å². The third kappa shape index (κ3) is 1.93. The van der Waals surface area contributed by atoms with Gasteiger partial charge in [0.1, 0.15) is 0 Å². The Balaban J connectivity index is 1.72. The zero-order chi connectivity index (χ0) is 13.7. The molecule has 3 unspecified atom stereocenters. The fourth-order valence-corrected chi connectivity index (χ4v) is 5.17. The predicted molar refractivity (Wildman–Crippen MR) is 85.4 cm³/mol. The summed E-state index contributed by atoms with van der Waals surface area (Å²) in [5.74, 6) is 0.768. The second kappa shape index (κ2) is 4.87. The molecule has 2 aromatic rings. The van der Waals surface area contributed by atoms with Crippen molar-refractivity contribution >= 4 is 22.9 Å². The molecule has 104 valence electrons. The number of fused-ring (bicyclic) bond motifs is 3. The maximum atomic E-state index is 6.22. The van der Waals surface area contributed by atoms with E-state index in [1.54, 1.807) is 0 Å². The molecular weight excluding hydrogens is 286 g/mol. The van der Waals surface area contributed by atoms with E-state index in [2.05, 4.69) is 41.6 Å². The lowest BCUT2D eigenvalue weighted by Gasteiger charge is -2.41. The first-order valence-corrected chi connectivity index (χ1v) is 8.53. The van der Waals surface area contributed by atoms with Crippen molar-refractivity contribution in [1.29, 1.82) is 0 Å². The van der Waals surface area contributed by atoms with Crippen molar-refractivity contribution in [3.8, 4) is 0 Å².